The maximum atomic E-state index is 12.3. The molecule has 0 aliphatic heterocycles. The topological polar surface area (TPSA) is 146 Å². The minimum atomic E-state index is -0.116. The first-order chi connectivity index (χ1) is 16.6. The number of amides is 2. The molecule has 0 saturated heterocycles. The zero-order valence-corrected chi connectivity index (χ0v) is 19.0. The van der Waals surface area contributed by atoms with E-state index in [1.54, 1.807) is 30.5 Å². The molecule has 1 aromatic heterocycles. The number of aromatic nitrogens is 2. The Morgan fingerprint density at radius 2 is 1.91 bits per heavy atom. The van der Waals surface area contributed by atoms with Gasteiger partial charge >= 0.3 is 0 Å². The fourth-order valence-electron chi connectivity index (χ4n) is 3.70. The molecule has 0 spiro atoms. The fraction of sp³-hybridized carbons (Fsp3) is 0.320. The van der Waals surface area contributed by atoms with E-state index in [0.29, 0.717) is 37.3 Å². The molecule has 1 atom stereocenters. The van der Waals surface area contributed by atoms with Gasteiger partial charge in [0.05, 0.1) is 11.6 Å². The highest BCUT2D eigenvalue weighted by atomic mass is 16.2. The molecule has 176 valence electrons. The zero-order valence-electron chi connectivity index (χ0n) is 19.0. The van der Waals surface area contributed by atoms with Gasteiger partial charge in [0.15, 0.2) is 0 Å². The number of anilines is 2. The van der Waals surface area contributed by atoms with Gasteiger partial charge in [0.1, 0.15) is 12.1 Å². The smallest absolute Gasteiger partial charge is 0.224 e. The van der Waals surface area contributed by atoms with E-state index in [1.807, 2.05) is 18.2 Å². The highest BCUT2D eigenvalue weighted by molar-refractivity contribution is 5.91. The normalized spacial score (nSPS) is 13.7. The van der Waals surface area contributed by atoms with Gasteiger partial charge in [-0.25, -0.2) is 9.97 Å². The summed E-state index contributed by atoms with van der Waals surface area (Å²) in [6, 6.07) is 15.1. The van der Waals surface area contributed by atoms with E-state index in [4.69, 9.17) is 5.73 Å². The van der Waals surface area contributed by atoms with Crippen molar-refractivity contribution in [3.05, 3.63) is 71.7 Å². The van der Waals surface area contributed by atoms with Crippen LogP contribution in [0.25, 0.3) is 0 Å². The average Bonchev–Trinajstić information content (AvgIpc) is 3.23. The van der Waals surface area contributed by atoms with Crippen molar-refractivity contribution in [2.75, 3.05) is 23.7 Å². The predicted molar refractivity (Wildman–Crippen MR) is 130 cm³/mol. The van der Waals surface area contributed by atoms with Gasteiger partial charge < -0.3 is 21.7 Å². The van der Waals surface area contributed by atoms with Crippen molar-refractivity contribution in [1.29, 1.82) is 5.26 Å². The number of hydrogen-bond donors (Lipinski definition) is 4. The number of benzene rings is 1. The van der Waals surface area contributed by atoms with Crippen LogP contribution in [-0.4, -0.2) is 40.9 Å². The maximum absolute atomic E-state index is 12.3. The first kappa shape index (κ1) is 24.6. The Balaban J connectivity index is 1.55. The van der Waals surface area contributed by atoms with Gasteiger partial charge in [-0.05, 0) is 66.8 Å². The van der Waals surface area contributed by atoms with E-state index in [0.717, 1.165) is 24.1 Å². The number of hydrogen-bond acceptors (Lipinski definition) is 7. The third-order valence-electron chi connectivity index (χ3n) is 5.31. The van der Waals surface area contributed by atoms with Gasteiger partial charge in [0.2, 0.25) is 11.8 Å². The Kier molecular flexibility index (Phi) is 9.31. The van der Waals surface area contributed by atoms with E-state index >= 15 is 0 Å². The first-order valence-corrected chi connectivity index (χ1v) is 11.3. The number of nitrogens with zero attached hydrogens (tertiary/aromatic N) is 3. The Morgan fingerprint density at radius 3 is 2.74 bits per heavy atom. The zero-order chi connectivity index (χ0) is 24.2. The third-order valence-corrected chi connectivity index (χ3v) is 5.31. The summed E-state index contributed by atoms with van der Waals surface area (Å²) in [7, 11) is 0. The molecule has 3 rings (SSSR count). The molecule has 1 aromatic carbocycles. The molecule has 2 amide bonds. The first-order valence-electron chi connectivity index (χ1n) is 11.3. The number of fused-ring (bicyclic) bond motifs is 1. The van der Waals surface area contributed by atoms with Crippen LogP contribution in [0.5, 0.6) is 0 Å². The van der Waals surface area contributed by atoms with E-state index in [-0.39, 0.29) is 24.3 Å². The van der Waals surface area contributed by atoms with Gasteiger partial charge in [-0.15, -0.1) is 0 Å². The second-order valence-corrected chi connectivity index (χ2v) is 7.96. The monoisotopic (exact) mass is 459 g/mol. The van der Waals surface area contributed by atoms with E-state index in [2.05, 4.69) is 32.0 Å². The summed E-state index contributed by atoms with van der Waals surface area (Å²) < 4.78 is 0. The minimum Gasteiger partial charge on any atom is -0.367 e. The number of nitrogens with two attached hydrogens (primary N) is 1. The fourth-order valence-corrected chi connectivity index (χ4v) is 3.70. The summed E-state index contributed by atoms with van der Waals surface area (Å²) in [5.41, 5.74) is 8.99. The lowest BCUT2D eigenvalue weighted by molar-refractivity contribution is -0.121. The van der Waals surface area contributed by atoms with Crippen molar-refractivity contribution >= 4 is 23.3 Å². The minimum absolute atomic E-state index is 0.0909. The van der Waals surface area contributed by atoms with Crippen LogP contribution in [0.3, 0.4) is 0 Å². The molecule has 1 unspecified atom stereocenters. The lowest BCUT2D eigenvalue weighted by Gasteiger charge is -2.11. The van der Waals surface area contributed by atoms with Gasteiger partial charge in [0, 0.05) is 43.9 Å². The van der Waals surface area contributed by atoms with Crippen molar-refractivity contribution in [3.8, 4) is 6.07 Å². The standard InChI is InChI=1S/C25H29N7O2/c26-10-12-29-24(33)4-1-5-25(34)32-21-8-7-19-13-22(15-20(19)14-21)31-23-9-6-18(16-27)3-2-11-28-17-30-23/h2-3,6-9,11,14,17,22H,1,4-5,10,12-13,15,26H2,(H,29,33)(H,32,34)(H,28,30,31). The van der Waals surface area contributed by atoms with Crippen LogP contribution in [0, 0.1) is 11.3 Å². The molecule has 0 saturated carbocycles. The molecule has 2 aromatic rings. The third kappa shape index (κ3) is 7.83. The molecule has 0 radical (unpaired) electrons. The van der Waals surface area contributed by atoms with Crippen molar-refractivity contribution in [1.82, 2.24) is 15.3 Å². The van der Waals surface area contributed by atoms with Crippen LogP contribution in [-0.2, 0) is 22.4 Å². The van der Waals surface area contributed by atoms with Crippen LogP contribution < -0.4 is 21.7 Å². The summed E-state index contributed by atoms with van der Waals surface area (Å²) in [5.74, 6) is 0.420. The molecule has 1 heterocycles. The summed E-state index contributed by atoms with van der Waals surface area (Å²) >= 11 is 0. The maximum Gasteiger partial charge on any atom is 0.224 e. The van der Waals surface area contributed by atoms with E-state index < -0.39 is 0 Å². The van der Waals surface area contributed by atoms with Crippen LogP contribution in [0.4, 0.5) is 11.5 Å². The molecule has 0 fully saturated rings. The Labute approximate surface area is 199 Å². The molecule has 5 N–H and O–H groups in total. The average molecular weight is 460 g/mol. The van der Waals surface area contributed by atoms with Crippen LogP contribution in [0.15, 0.2) is 55.0 Å². The van der Waals surface area contributed by atoms with Crippen LogP contribution in [0.1, 0.15) is 36.0 Å². The molecule has 34 heavy (non-hydrogen) atoms. The number of nitrogens with one attached hydrogen (secondary N) is 3. The molecule has 1 aliphatic carbocycles. The highest BCUT2D eigenvalue weighted by Gasteiger charge is 2.22. The Bertz CT molecular complexity index is 1110. The van der Waals surface area contributed by atoms with Gasteiger partial charge in [-0.3, -0.25) is 9.59 Å². The summed E-state index contributed by atoms with van der Waals surface area (Å²) in [6.45, 7) is 0.847. The molecular weight excluding hydrogens is 430 g/mol. The lowest BCUT2D eigenvalue weighted by Crippen LogP contribution is -2.28. The van der Waals surface area contributed by atoms with Crippen molar-refractivity contribution in [2.24, 2.45) is 5.73 Å². The van der Waals surface area contributed by atoms with Crippen molar-refractivity contribution in [3.63, 3.8) is 0 Å². The summed E-state index contributed by atoms with van der Waals surface area (Å²) in [5, 5.41) is 18.2. The van der Waals surface area contributed by atoms with Gasteiger partial charge in [-0.2, -0.15) is 5.26 Å². The molecule has 0 bridgehead atoms. The lowest BCUT2D eigenvalue weighted by atomic mass is 10.1. The van der Waals surface area contributed by atoms with Crippen LogP contribution >= 0.6 is 0 Å². The van der Waals surface area contributed by atoms with E-state index in [1.165, 1.54) is 11.9 Å². The Morgan fingerprint density at radius 1 is 1.09 bits per heavy atom. The van der Waals surface area contributed by atoms with Gasteiger partial charge in [-0.1, -0.05) is 6.07 Å². The Hall–Kier alpha value is -4.03. The highest BCUT2D eigenvalue weighted by Crippen LogP contribution is 2.27. The second kappa shape index (κ2) is 12.9. The largest absolute Gasteiger partial charge is 0.367 e. The summed E-state index contributed by atoms with van der Waals surface area (Å²) in [4.78, 5) is 32.3. The second-order valence-electron chi connectivity index (χ2n) is 7.96. The number of rotatable bonds is 9. The number of carbonyl (C=O) groups is 2. The van der Waals surface area contributed by atoms with E-state index in [9.17, 15) is 14.9 Å². The quantitative estimate of drug-likeness (QED) is 0.450. The van der Waals surface area contributed by atoms with Gasteiger partial charge in [0.25, 0.3) is 0 Å². The SMILES string of the molecule is N#Cc1cccncnc(NC2Cc3ccc(NC(=O)CCCC(=O)NCCN)cc3C2)cc1. The predicted octanol–water partition coefficient (Wildman–Crippen LogP) is 2.24. The molecular formula is C25H29N7O2. The number of nitriles is 1. The molecule has 9 heteroatoms. The van der Waals surface area contributed by atoms with Crippen LogP contribution in [0.2, 0.25) is 0 Å². The molecule has 9 nitrogen and oxygen atoms in total. The number of carbonyl (C=O) groups excluding carboxylic acids is 2. The van der Waals surface area contributed by atoms with Crippen molar-refractivity contribution < 1.29 is 9.59 Å². The molecule has 1 aliphatic rings. The summed E-state index contributed by atoms with van der Waals surface area (Å²) in [6.07, 6.45) is 5.71. The van der Waals surface area contributed by atoms with Crippen molar-refractivity contribution in [2.45, 2.75) is 38.1 Å².